The van der Waals surface area contributed by atoms with Gasteiger partial charge in [-0.1, -0.05) is 18.2 Å². The van der Waals surface area contributed by atoms with Crippen LogP contribution in [-0.4, -0.2) is 48.1 Å². The number of anilines is 1. The Bertz CT molecular complexity index is 1280. The van der Waals surface area contributed by atoms with Gasteiger partial charge in [-0.05, 0) is 63.9 Å². The minimum atomic E-state index is -3.71. The van der Waals surface area contributed by atoms with Crippen LogP contribution in [0.1, 0.15) is 36.7 Å². The van der Waals surface area contributed by atoms with Crippen molar-refractivity contribution in [1.82, 2.24) is 14.1 Å². The molecule has 2 aromatic carbocycles. The molecule has 4 rings (SSSR count). The zero-order chi connectivity index (χ0) is 24.3. The Kier molecular flexibility index (Phi) is 7.04. The summed E-state index contributed by atoms with van der Waals surface area (Å²) in [7, 11) is -3.71. The van der Waals surface area contributed by atoms with Gasteiger partial charge in [-0.3, -0.25) is 4.79 Å². The van der Waals surface area contributed by atoms with Crippen LogP contribution in [0, 0.1) is 13.8 Å². The van der Waals surface area contributed by atoms with Gasteiger partial charge in [0.15, 0.2) is 0 Å². The van der Waals surface area contributed by atoms with Crippen molar-refractivity contribution in [2.24, 2.45) is 0 Å². The summed E-state index contributed by atoms with van der Waals surface area (Å²) in [6.45, 7) is 6.96. The Labute approximate surface area is 200 Å². The fourth-order valence-electron chi connectivity index (χ4n) is 4.25. The maximum atomic E-state index is 13.2. The Morgan fingerprint density at radius 1 is 1.09 bits per heavy atom. The second kappa shape index (κ2) is 9.99. The summed E-state index contributed by atoms with van der Waals surface area (Å²) in [5.41, 5.74) is 3.86. The Balaban J connectivity index is 1.57. The van der Waals surface area contributed by atoms with Crippen molar-refractivity contribution in [3.63, 3.8) is 0 Å². The van der Waals surface area contributed by atoms with Crippen LogP contribution in [0.4, 0.5) is 5.69 Å². The van der Waals surface area contributed by atoms with Gasteiger partial charge in [0.1, 0.15) is 10.6 Å². The summed E-state index contributed by atoms with van der Waals surface area (Å²) in [5.74, 6) is 0.0516. The molecule has 1 saturated heterocycles. The summed E-state index contributed by atoms with van der Waals surface area (Å²) in [5, 5.41) is 7.45. The van der Waals surface area contributed by atoms with Crippen molar-refractivity contribution in [3.05, 3.63) is 65.5 Å². The second-order valence-corrected chi connectivity index (χ2v) is 10.2. The van der Waals surface area contributed by atoms with Gasteiger partial charge < -0.3 is 10.1 Å². The highest BCUT2D eigenvalue weighted by atomic mass is 32.2. The second-order valence-electron chi connectivity index (χ2n) is 8.33. The summed E-state index contributed by atoms with van der Waals surface area (Å²) in [4.78, 5) is 13.0. The lowest BCUT2D eigenvalue weighted by Gasteiger charge is -2.19. The van der Waals surface area contributed by atoms with E-state index in [1.54, 1.807) is 12.1 Å². The van der Waals surface area contributed by atoms with Crippen LogP contribution in [-0.2, 0) is 21.2 Å². The number of nitrogens with one attached hydrogen (secondary N) is 1. The molecule has 34 heavy (non-hydrogen) atoms. The number of rotatable bonds is 8. The fourth-order valence-corrected chi connectivity index (χ4v) is 5.92. The van der Waals surface area contributed by atoms with E-state index in [1.165, 1.54) is 10.4 Å². The number of hydrogen-bond acceptors (Lipinski definition) is 5. The summed E-state index contributed by atoms with van der Waals surface area (Å²) >= 11 is 0. The maximum absolute atomic E-state index is 13.2. The molecule has 180 valence electrons. The molecule has 0 bridgehead atoms. The van der Waals surface area contributed by atoms with Gasteiger partial charge in [-0.25, -0.2) is 13.1 Å². The van der Waals surface area contributed by atoms with Crippen LogP contribution in [0.2, 0.25) is 0 Å². The Morgan fingerprint density at radius 3 is 2.47 bits per heavy atom. The van der Waals surface area contributed by atoms with Gasteiger partial charge in [-0.2, -0.15) is 9.40 Å². The summed E-state index contributed by atoms with van der Waals surface area (Å²) in [6.07, 6.45) is 1.82. The van der Waals surface area contributed by atoms with Crippen LogP contribution in [0.25, 0.3) is 5.69 Å². The highest BCUT2D eigenvalue weighted by Crippen LogP contribution is 2.32. The van der Waals surface area contributed by atoms with Crippen molar-refractivity contribution in [1.29, 1.82) is 0 Å². The van der Waals surface area contributed by atoms with Crippen LogP contribution >= 0.6 is 0 Å². The van der Waals surface area contributed by atoms with Crippen molar-refractivity contribution in [3.8, 4) is 11.4 Å². The molecular formula is C25H30N4O4S. The zero-order valence-electron chi connectivity index (χ0n) is 19.7. The minimum absolute atomic E-state index is 0.0818. The predicted molar refractivity (Wildman–Crippen MR) is 131 cm³/mol. The predicted octanol–water partition coefficient (Wildman–Crippen LogP) is 3.85. The van der Waals surface area contributed by atoms with Gasteiger partial charge in [0.25, 0.3) is 0 Å². The first-order chi connectivity index (χ1) is 16.3. The number of para-hydroxylation sites is 1. The van der Waals surface area contributed by atoms with Gasteiger partial charge in [0.05, 0.1) is 24.4 Å². The maximum Gasteiger partial charge on any atom is 0.246 e. The zero-order valence-corrected chi connectivity index (χ0v) is 20.6. The molecular weight excluding hydrogens is 452 g/mol. The van der Waals surface area contributed by atoms with E-state index in [0.717, 1.165) is 35.5 Å². The van der Waals surface area contributed by atoms with Gasteiger partial charge >= 0.3 is 0 Å². The third-order valence-corrected chi connectivity index (χ3v) is 7.91. The number of ether oxygens (including phenoxy) is 1. The number of carbonyl (C=O) groups excluding carboxylic acids is 1. The number of amides is 1. The average Bonchev–Trinajstić information content (AvgIpc) is 3.46. The molecule has 0 radical (unpaired) electrons. The van der Waals surface area contributed by atoms with Crippen LogP contribution < -0.4 is 10.1 Å². The molecule has 0 unspecified atom stereocenters. The molecule has 1 aliphatic heterocycles. The molecule has 0 spiro atoms. The first kappa shape index (κ1) is 24.0. The molecule has 1 fully saturated rings. The van der Waals surface area contributed by atoms with E-state index in [-0.39, 0.29) is 17.2 Å². The topological polar surface area (TPSA) is 93.5 Å². The lowest BCUT2D eigenvalue weighted by atomic mass is 10.1. The third kappa shape index (κ3) is 4.85. The van der Waals surface area contributed by atoms with Crippen LogP contribution in [0.15, 0.2) is 53.4 Å². The molecule has 9 heteroatoms. The molecule has 8 nitrogen and oxygen atoms in total. The highest BCUT2D eigenvalue weighted by Gasteiger charge is 2.30. The SMILES string of the molecule is CCOc1ccc(NC(=O)Cc2c(C)nn(-c3ccccc3)c2C)cc1S(=O)(=O)N1CCCC1. The van der Waals surface area contributed by atoms with Crippen molar-refractivity contribution >= 4 is 21.6 Å². The van der Waals surface area contributed by atoms with Crippen molar-refractivity contribution in [2.75, 3.05) is 25.0 Å². The van der Waals surface area contributed by atoms with E-state index < -0.39 is 10.0 Å². The first-order valence-electron chi connectivity index (χ1n) is 11.5. The Hall–Kier alpha value is -3.17. The number of hydrogen-bond donors (Lipinski definition) is 1. The smallest absolute Gasteiger partial charge is 0.246 e. The van der Waals surface area contributed by atoms with E-state index in [2.05, 4.69) is 10.4 Å². The lowest BCUT2D eigenvalue weighted by molar-refractivity contribution is -0.115. The normalized spacial score (nSPS) is 14.3. The van der Waals surface area contributed by atoms with Gasteiger partial charge in [0.2, 0.25) is 15.9 Å². The van der Waals surface area contributed by atoms with Crippen molar-refractivity contribution < 1.29 is 17.9 Å². The fraction of sp³-hybridized carbons (Fsp3) is 0.360. The number of sulfonamides is 1. The molecule has 1 amide bonds. The largest absolute Gasteiger partial charge is 0.492 e. The minimum Gasteiger partial charge on any atom is -0.492 e. The standard InChI is InChI=1S/C25H30N4O4S/c1-4-33-23-13-12-20(16-24(23)34(31,32)28-14-8-9-15-28)26-25(30)17-22-18(2)27-29(19(22)3)21-10-6-5-7-11-21/h5-7,10-13,16H,4,8-9,14-15,17H2,1-3H3,(H,26,30). The lowest BCUT2D eigenvalue weighted by Crippen LogP contribution is -2.28. The third-order valence-electron chi connectivity index (χ3n) is 5.99. The van der Waals surface area contributed by atoms with Crippen molar-refractivity contribution in [2.45, 2.75) is 44.9 Å². The average molecular weight is 483 g/mol. The molecule has 0 saturated carbocycles. The molecule has 1 aromatic heterocycles. The molecule has 2 heterocycles. The number of aromatic nitrogens is 2. The summed E-state index contributed by atoms with van der Waals surface area (Å²) < 4.78 is 35.3. The summed E-state index contributed by atoms with van der Waals surface area (Å²) in [6, 6.07) is 14.5. The molecule has 0 aliphatic carbocycles. The number of aryl methyl sites for hydroxylation is 1. The monoisotopic (exact) mass is 482 g/mol. The molecule has 1 aliphatic rings. The molecule has 3 aromatic rings. The van der Waals surface area contributed by atoms with Gasteiger partial charge in [0, 0.05) is 30.0 Å². The molecule has 1 N–H and O–H groups in total. The van der Waals surface area contributed by atoms with Crippen LogP contribution in [0.5, 0.6) is 5.75 Å². The number of benzene rings is 2. The number of nitrogens with zero attached hydrogens (tertiary/aromatic N) is 3. The quantitative estimate of drug-likeness (QED) is 0.526. The van der Waals surface area contributed by atoms with E-state index in [0.29, 0.717) is 31.1 Å². The Morgan fingerprint density at radius 2 is 1.79 bits per heavy atom. The first-order valence-corrected chi connectivity index (χ1v) is 12.9. The number of carbonyl (C=O) groups is 1. The van der Waals surface area contributed by atoms with Crippen LogP contribution in [0.3, 0.4) is 0 Å². The van der Waals surface area contributed by atoms with Gasteiger partial charge in [-0.15, -0.1) is 0 Å². The van der Waals surface area contributed by atoms with E-state index in [4.69, 9.17) is 4.74 Å². The van der Waals surface area contributed by atoms with E-state index in [9.17, 15) is 13.2 Å². The van der Waals surface area contributed by atoms with E-state index in [1.807, 2.05) is 55.8 Å². The van der Waals surface area contributed by atoms with E-state index >= 15 is 0 Å². The highest BCUT2D eigenvalue weighted by molar-refractivity contribution is 7.89. The molecule has 0 atom stereocenters.